The molecule has 3 aromatic rings. The van der Waals surface area contributed by atoms with E-state index in [1.165, 1.54) is 0 Å². The van der Waals surface area contributed by atoms with E-state index in [1.54, 1.807) is 6.20 Å². The van der Waals surface area contributed by atoms with Gasteiger partial charge in [-0.2, -0.15) is 0 Å². The van der Waals surface area contributed by atoms with E-state index in [9.17, 15) is 18.4 Å². The Morgan fingerprint density at radius 3 is 2.53 bits per heavy atom. The quantitative estimate of drug-likeness (QED) is 0.160. The Bertz CT molecular complexity index is 1680. The molecule has 3 N–H and O–H groups in total. The molecule has 1 aromatic heterocycles. The third-order valence-electron chi connectivity index (χ3n) is 9.20. The Hall–Kier alpha value is -4.02. The number of nitrogens with two attached hydrogens (primary N) is 1. The van der Waals surface area contributed by atoms with E-state index in [2.05, 4.69) is 34.6 Å². The first-order valence-electron chi connectivity index (χ1n) is 16.2. The number of carbonyl (C=O) groups is 2. The van der Waals surface area contributed by atoms with E-state index in [1.807, 2.05) is 17.9 Å². The molecule has 11 heteroatoms. The zero-order valence-corrected chi connectivity index (χ0v) is 27.1. The fourth-order valence-corrected chi connectivity index (χ4v) is 6.71. The van der Waals surface area contributed by atoms with Crippen LogP contribution in [0.25, 0.3) is 5.57 Å². The van der Waals surface area contributed by atoms with E-state index in [0.717, 1.165) is 77.6 Å². The maximum absolute atomic E-state index is 14.5. The highest BCUT2D eigenvalue weighted by Crippen LogP contribution is 2.40. The smallest absolute Gasteiger partial charge is 0.252 e. The summed E-state index contributed by atoms with van der Waals surface area (Å²) in [6, 6.07) is 12.7. The van der Waals surface area contributed by atoms with Crippen LogP contribution >= 0.6 is 11.6 Å². The van der Waals surface area contributed by atoms with Crippen LogP contribution in [-0.4, -0.2) is 53.0 Å². The van der Waals surface area contributed by atoms with Gasteiger partial charge in [0.25, 0.3) is 5.91 Å². The number of fused-ring (bicyclic) bond motifs is 2. The summed E-state index contributed by atoms with van der Waals surface area (Å²) in [6.45, 7) is 2.71. The summed E-state index contributed by atoms with van der Waals surface area (Å²) in [5.41, 5.74) is 11.1. The van der Waals surface area contributed by atoms with E-state index < -0.39 is 17.5 Å². The molecule has 3 aliphatic rings. The number of pyridine rings is 1. The Labute approximate surface area is 278 Å². The molecule has 0 radical (unpaired) electrons. The molecule has 1 aliphatic carbocycles. The summed E-state index contributed by atoms with van der Waals surface area (Å²) >= 11 is 5.87. The van der Waals surface area contributed by atoms with E-state index >= 15 is 0 Å². The van der Waals surface area contributed by atoms with Gasteiger partial charge in [-0.1, -0.05) is 35.9 Å². The van der Waals surface area contributed by atoms with Crippen molar-refractivity contribution in [3.8, 4) is 11.6 Å². The lowest BCUT2D eigenvalue weighted by Crippen LogP contribution is -2.44. The monoisotopic (exact) mass is 664 g/mol. The minimum atomic E-state index is -0.720. The highest BCUT2D eigenvalue weighted by molar-refractivity contribution is 6.32. The van der Waals surface area contributed by atoms with Crippen molar-refractivity contribution < 1.29 is 27.8 Å². The Balaban J connectivity index is 1.17. The molecule has 2 amide bonds. The summed E-state index contributed by atoms with van der Waals surface area (Å²) in [4.78, 5) is 32.0. The van der Waals surface area contributed by atoms with Crippen LogP contribution in [0, 0.1) is 18.6 Å². The summed E-state index contributed by atoms with van der Waals surface area (Å²) in [7, 11) is 0. The number of rotatable bonds is 14. The molecule has 1 saturated carbocycles. The Morgan fingerprint density at radius 2 is 1.79 bits per heavy atom. The van der Waals surface area contributed by atoms with Gasteiger partial charge in [0.15, 0.2) is 11.6 Å². The van der Waals surface area contributed by atoms with Crippen LogP contribution in [0.2, 0.25) is 5.02 Å². The topological polar surface area (TPSA) is 107 Å². The molecule has 47 heavy (non-hydrogen) atoms. The molecular formula is C36H39ClF2N4O4. The van der Waals surface area contributed by atoms with Crippen LogP contribution < -0.4 is 20.5 Å². The lowest BCUT2D eigenvalue weighted by atomic mass is 9.88. The maximum atomic E-state index is 14.5. The predicted octanol–water partition coefficient (Wildman–Crippen LogP) is 6.06. The second-order valence-electron chi connectivity index (χ2n) is 12.5. The number of hydrogen-bond donors (Lipinski definition) is 2. The Kier molecular flexibility index (Phi) is 10.1. The largest absolute Gasteiger partial charge is 0.489 e. The van der Waals surface area contributed by atoms with E-state index in [0.29, 0.717) is 31.3 Å². The number of carbonyl (C=O) groups excluding carboxylic acids is 2. The van der Waals surface area contributed by atoms with Gasteiger partial charge in [0.05, 0.1) is 19.6 Å². The summed E-state index contributed by atoms with van der Waals surface area (Å²) in [6.07, 6.45) is 7.73. The molecular weight excluding hydrogens is 626 g/mol. The van der Waals surface area contributed by atoms with Crippen LogP contribution in [0.1, 0.15) is 67.2 Å². The van der Waals surface area contributed by atoms with Gasteiger partial charge in [0.1, 0.15) is 10.8 Å². The predicted molar refractivity (Wildman–Crippen MR) is 175 cm³/mol. The number of aryl methyl sites for hydroxylation is 1. The lowest BCUT2D eigenvalue weighted by molar-refractivity contribution is -0.128. The lowest BCUT2D eigenvalue weighted by Gasteiger charge is -2.32. The average Bonchev–Trinajstić information content (AvgIpc) is 3.84. The van der Waals surface area contributed by atoms with Crippen LogP contribution in [-0.2, 0) is 22.6 Å². The first-order valence-corrected chi connectivity index (χ1v) is 16.6. The molecule has 2 aliphatic heterocycles. The third-order valence-corrected chi connectivity index (χ3v) is 9.55. The second kappa shape index (κ2) is 14.4. The number of ether oxygens (including phenoxy) is 2. The minimum Gasteiger partial charge on any atom is -0.489 e. The molecule has 0 unspecified atom stereocenters. The minimum absolute atomic E-state index is 0.00981. The van der Waals surface area contributed by atoms with Crippen molar-refractivity contribution in [2.45, 2.75) is 83.0 Å². The summed E-state index contributed by atoms with van der Waals surface area (Å²) < 4.78 is 38.9. The number of benzene rings is 2. The number of hydrogen-bond acceptors (Lipinski definition) is 6. The van der Waals surface area contributed by atoms with Crippen molar-refractivity contribution >= 4 is 29.0 Å². The molecule has 2 atom stereocenters. The number of nitrogens with one attached hydrogen (secondary N) is 1. The van der Waals surface area contributed by atoms with Gasteiger partial charge < -0.3 is 25.4 Å². The fraction of sp³-hybridized carbons (Fsp3) is 0.417. The van der Waals surface area contributed by atoms with Gasteiger partial charge in [-0.3, -0.25) is 9.59 Å². The third kappa shape index (κ3) is 7.60. The van der Waals surface area contributed by atoms with Crippen molar-refractivity contribution in [3.63, 3.8) is 0 Å². The van der Waals surface area contributed by atoms with Crippen molar-refractivity contribution in [3.05, 3.63) is 93.1 Å². The van der Waals surface area contributed by atoms with E-state index in [-0.39, 0.29) is 48.4 Å². The SMILES string of the molecule is Cc1c(CN(C(=O)C2=C(c3ccc(CCCOc4c(F)ccc(F)c4Cl)cc3)C[C@@H]3CC[C@H]2N3)C2CC2)ccnc1OCCC(N)=O. The van der Waals surface area contributed by atoms with Gasteiger partial charge in [0, 0.05) is 42.0 Å². The van der Waals surface area contributed by atoms with Crippen LogP contribution in [0.3, 0.4) is 0 Å². The first kappa shape index (κ1) is 32.9. The molecule has 6 rings (SSSR count). The fourth-order valence-electron chi connectivity index (χ4n) is 6.50. The number of amides is 2. The highest BCUT2D eigenvalue weighted by Gasteiger charge is 2.42. The van der Waals surface area contributed by atoms with Crippen LogP contribution in [0.15, 0.2) is 54.2 Å². The van der Waals surface area contributed by atoms with Crippen molar-refractivity contribution in [2.24, 2.45) is 5.73 Å². The normalized spacial score (nSPS) is 18.7. The average molecular weight is 665 g/mol. The summed E-state index contributed by atoms with van der Waals surface area (Å²) in [5.74, 6) is -1.60. The van der Waals surface area contributed by atoms with Crippen LogP contribution in [0.5, 0.6) is 11.6 Å². The van der Waals surface area contributed by atoms with Gasteiger partial charge in [-0.25, -0.2) is 13.8 Å². The van der Waals surface area contributed by atoms with Gasteiger partial charge >= 0.3 is 0 Å². The van der Waals surface area contributed by atoms with Crippen LogP contribution in [0.4, 0.5) is 8.78 Å². The van der Waals surface area contributed by atoms with E-state index in [4.69, 9.17) is 26.8 Å². The zero-order chi connectivity index (χ0) is 33.1. The molecule has 8 nitrogen and oxygen atoms in total. The summed E-state index contributed by atoms with van der Waals surface area (Å²) in [5, 5.41) is 3.32. The molecule has 0 spiro atoms. The van der Waals surface area contributed by atoms with Crippen molar-refractivity contribution in [1.82, 2.24) is 15.2 Å². The molecule has 1 saturated heterocycles. The number of aromatic nitrogens is 1. The highest BCUT2D eigenvalue weighted by atomic mass is 35.5. The van der Waals surface area contributed by atoms with Gasteiger partial charge in [0.2, 0.25) is 11.8 Å². The van der Waals surface area contributed by atoms with Crippen molar-refractivity contribution in [2.75, 3.05) is 13.2 Å². The molecule has 3 heterocycles. The molecule has 2 fully saturated rings. The molecule has 2 bridgehead atoms. The van der Waals surface area contributed by atoms with Gasteiger partial charge in [-0.15, -0.1) is 0 Å². The number of primary amides is 1. The number of nitrogens with zero attached hydrogens (tertiary/aromatic N) is 2. The Morgan fingerprint density at radius 1 is 1.02 bits per heavy atom. The standard InChI is InChI=1S/C36H39ClF2N4O4/c1-21-24(14-16-41-35(21)47-18-15-31(40)44)20-43(26-9-10-26)36(45)32-27(19-25-8-13-30(32)42-25)23-6-4-22(5-7-23)3-2-17-46-34-29(39)12-11-28(38)33(34)37/h4-7,11-12,14,16,25-26,30,42H,2-3,8-10,13,15,17-20H2,1H3,(H2,40,44)/t25-,30+/m0/s1. The first-order chi connectivity index (χ1) is 22.7. The second-order valence-corrected chi connectivity index (χ2v) is 12.9. The molecule has 2 aromatic carbocycles. The zero-order valence-electron chi connectivity index (χ0n) is 26.4. The van der Waals surface area contributed by atoms with Crippen molar-refractivity contribution in [1.29, 1.82) is 0 Å². The maximum Gasteiger partial charge on any atom is 0.252 e. The number of halogens is 3. The molecule has 248 valence electrons. The van der Waals surface area contributed by atoms with Gasteiger partial charge in [-0.05, 0) is 92.3 Å².